The second-order valence-electron chi connectivity index (χ2n) is 8.63. The first-order chi connectivity index (χ1) is 11.4. The van der Waals surface area contributed by atoms with Gasteiger partial charge in [0.15, 0.2) is 0 Å². The van der Waals surface area contributed by atoms with Crippen molar-refractivity contribution in [3.63, 3.8) is 0 Å². The molecule has 0 bridgehead atoms. The van der Waals surface area contributed by atoms with Gasteiger partial charge in [-0.2, -0.15) is 0 Å². The molecule has 4 atom stereocenters. The minimum atomic E-state index is -0.576. The number of amides is 1. The predicted octanol–water partition coefficient (Wildman–Crippen LogP) is 3.99. The number of nitrogens with two attached hydrogens (primary N) is 1. The molecule has 1 saturated heterocycles. The molecule has 2 radical (unpaired) electrons. The summed E-state index contributed by atoms with van der Waals surface area (Å²) in [5.74, 6) is 0.997. The maximum atomic E-state index is 13.1. The van der Waals surface area contributed by atoms with Gasteiger partial charge in [-0.15, -0.1) is 0 Å². The van der Waals surface area contributed by atoms with E-state index in [9.17, 15) is 4.79 Å². The molecule has 136 valence electrons. The van der Waals surface area contributed by atoms with E-state index < -0.39 is 5.44 Å². The third-order valence-corrected chi connectivity index (χ3v) is 6.07. The molecule has 2 aliphatic rings. The highest BCUT2D eigenvalue weighted by Gasteiger charge is 2.43. The van der Waals surface area contributed by atoms with E-state index in [1.54, 1.807) is 0 Å². The summed E-state index contributed by atoms with van der Waals surface area (Å²) in [5.41, 5.74) is 5.90. The lowest BCUT2D eigenvalue weighted by Crippen LogP contribution is -2.57. The van der Waals surface area contributed by atoms with Crippen molar-refractivity contribution < 1.29 is 4.79 Å². The predicted molar refractivity (Wildman–Crippen MR) is 102 cm³/mol. The standard InChI is InChI=1S/C20H37BN2O/c1-4-10-16-13-17-14-20(21,22)12-9-7-5-6-8-11-18(17)23(15(2)3)19(16)24/h15-18H,4-14,22H2,1-3H3. The van der Waals surface area contributed by atoms with Crippen LogP contribution in [0.4, 0.5) is 0 Å². The zero-order chi connectivity index (χ0) is 17.7. The van der Waals surface area contributed by atoms with Gasteiger partial charge in [0, 0.05) is 18.0 Å². The zero-order valence-electron chi connectivity index (χ0n) is 16.1. The summed E-state index contributed by atoms with van der Waals surface area (Å²) in [7, 11) is 6.48. The van der Waals surface area contributed by atoms with Crippen molar-refractivity contribution in [3.05, 3.63) is 0 Å². The topological polar surface area (TPSA) is 46.3 Å². The molecule has 3 nitrogen and oxygen atoms in total. The largest absolute Gasteiger partial charge is 0.337 e. The Bertz CT molecular complexity index is 410. The summed E-state index contributed by atoms with van der Waals surface area (Å²) >= 11 is 0. The molecule has 0 aromatic carbocycles. The Hall–Kier alpha value is -0.505. The highest BCUT2D eigenvalue weighted by atomic mass is 16.2. The highest BCUT2D eigenvalue weighted by molar-refractivity contribution is 6.15. The van der Waals surface area contributed by atoms with E-state index in [0.717, 1.165) is 44.9 Å². The van der Waals surface area contributed by atoms with Crippen LogP contribution in [0.5, 0.6) is 0 Å². The van der Waals surface area contributed by atoms with E-state index in [1.165, 1.54) is 25.7 Å². The molecule has 0 aromatic rings. The Balaban J connectivity index is 2.26. The van der Waals surface area contributed by atoms with Crippen LogP contribution in [0.25, 0.3) is 0 Å². The molecule has 1 saturated carbocycles. The molecule has 4 unspecified atom stereocenters. The average molecular weight is 332 g/mol. The molecule has 0 spiro atoms. The van der Waals surface area contributed by atoms with E-state index in [2.05, 4.69) is 25.7 Å². The fraction of sp³-hybridized carbons (Fsp3) is 0.950. The first-order valence-corrected chi connectivity index (χ1v) is 10.3. The van der Waals surface area contributed by atoms with Gasteiger partial charge in [-0.05, 0) is 57.3 Å². The van der Waals surface area contributed by atoms with Gasteiger partial charge in [-0.3, -0.25) is 4.79 Å². The summed E-state index contributed by atoms with van der Waals surface area (Å²) < 4.78 is 0. The van der Waals surface area contributed by atoms with Crippen molar-refractivity contribution in [1.82, 2.24) is 4.90 Å². The summed E-state index contributed by atoms with van der Waals surface area (Å²) in [5, 5.41) is 0. The van der Waals surface area contributed by atoms with Gasteiger partial charge in [0.1, 0.15) is 0 Å². The SMILES string of the molecule is [B]C1(N)CCCCCCCC2C(CC(CCC)C(=O)N2C(C)C)C1. The molecule has 2 rings (SSSR count). The fourth-order valence-corrected chi connectivity index (χ4v) is 4.97. The molecule has 4 heteroatoms. The Labute approximate surface area is 150 Å². The second-order valence-corrected chi connectivity index (χ2v) is 8.63. The van der Waals surface area contributed by atoms with Crippen LogP contribution in [0.15, 0.2) is 0 Å². The smallest absolute Gasteiger partial charge is 0.226 e. The van der Waals surface area contributed by atoms with Crippen LogP contribution in [0.2, 0.25) is 0 Å². The Morgan fingerprint density at radius 2 is 1.92 bits per heavy atom. The van der Waals surface area contributed by atoms with Crippen molar-refractivity contribution in [2.75, 3.05) is 0 Å². The molecule has 2 N–H and O–H groups in total. The van der Waals surface area contributed by atoms with Crippen molar-refractivity contribution in [3.8, 4) is 0 Å². The van der Waals surface area contributed by atoms with Gasteiger partial charge < -0.3 is 10.6 Å². The average Bonchev–Trinajstić information content (AvgIpc) is 2.52. The van der Waals surface area contributed by atoms with Crippen molar-refractivity contribution in [1.29, 1.82) is 0 Å². The lowest BCUT2D eigenvalue weighted by Gasteiger charge is -2.48. The molecule has 24 heavy (non-hydrogen) atoms. The molecule has 1 amide bonds. The molecule has 2 fully saturated rings. The van der Waals surface area contributed by atoms with E-state index >= 15 is 0 Å². The third-order valence-electron chi connectivity index (χ3n) is 6.07. The van der Waals surface area contributed by atoms with Gasteiger partial charge in [0.2, 0.25) is 5.91 Å². The summed E-state index contributed by atoms with van der Waals surface area (Å²) in [6, 6.07) is 0.593. The molecule has 1 heterocycles. The van der Waals surface area contributed by atoms with Crippen LogP contribution in [0, 0.1) is 11.8 Å². The van der Waals surface area contributed by atoms with E-state index in [-0.39, 0.29) is 12.0 Å². The number of rotatable bonds is 3. The van der Waals surface area contributed by atoms with Crippen LogP contribution < -0.4 is 5.73 Å². The number of piperidine rings is 1. The number of hydrogen-bond acceptors (Lipinski definition) is 2. The maximum absolute atomic E-state index is 13.1. The number of nitrogens with zero attached hydrogens (tertiary/aromatic N) is 1. The first-order valence-electron chi connectivity index (χ1n) is 10.3. The molecule has 1 aliphatic heterocycles. The number of hydrogen-bond donors (Lipinski definition) is 1. The van der Waals surface area contributed by atoms with Crippen molar-refractivity contribution in [2.45, 2.75) is 109 Å². The number of fused-ring (bicyclic) bond motifs is 1. The minimum Gasteiger partial charge on any atom is -0.337 e. The van der Waals surface area contributed by atoms with Gasteiger partial charge >= 0.3 is 0 Å². The van der Waals surface area contributed by atoms with Gasteiger partial charge in [-0.25, -0.2) is 0 Å². The molecular weight excluding hydrogens is 295 g/mol. The lowest BCUT2D eigenvalue weighted by molar-refractivity contribution is -0.148. The minimum absolute atomic E-state index is 0.166. The van der Waals surface area contributed by atoms with Crippen LogP contribution in [-0.4, -0.2) is 36.2 Å². The zero-order valence-corrected chi connectivity index (χ0v) is 16.1. The number of carbonyl (C=O) groups excluding carboxylic acids is 1. The van der Waals surface area contributed by atoms with Crippen LogP contribution in [-0.2, 0) is 4.79 Å². The number of carbonyl (C=O) groups is 1. The molecule has 1 aliphatic carbocycles. The molecule has 0 aromatic heterocycles. The summed E-state index contributed by atoms with van der Waals surface area (Å²) in [4.78, 5) is 15.3. The Morgan fingerprint density at radius 1 is 1.25 bits per heavy atom. The monoisotopic (exact) mass is 332 g/mol. The van der Waals surface area contributed by atoms with Crippen molar-refractivity contribution in [2.24, 2.45) is 17.6 Å². The summed E-state index contributed by atoms with van der Waals surface area (Å²) in [6.45, 7) is 6.49. The first kappa shape index (κ1) is 19.8. The Kier molecular flexibility index (Phi) is 7.21. The fourth-order valence-electron chi connectivity index (χ4n) is 4.97. The Morgan fingerprint density at radius 3 is 2.58 bits per heavy atom. The van der Waals surface area contributed by atoms with E-state index in [4.69, 9.17) is 13.6 Å². The lowest BCUT2D eigenvalue weighted by atomic mass is 9.65. The van der Waals surface area contributed by atoms with Crippen LogP contribution in [0.1, 0.15) is 91.4 Å². The quantitative estimate of drug-likeness (QED) is 0.795. The maximum Gasteiger partial charge on any atom is 0.226 e. The van der Waals surface area contributed by atoms with Gasteiger partial charge in [0.05, 0.1) is 7.85 Å². The van der Waals surface area contributed by atoms with Crippen LogP contribution >= 0.6 is 0 Å². The van der Waals surface area contributed by atoms with Crippen LogP contribution in [0.3, 0.4) is 0 Å². The summed E-state index contributed by atoms with van der Waals surface area (Å²) in [6.07, 6.45) is 12.0. The normalized spacial score (nSPS) is 36.3. The van der Waals surface area contributed by atoms with E-state index in [0.29, 0.717) is 17.9 Å². The highest BCUT2D eigenvalue weighted by Crippen LogP contribution is 2.39. The van der Waals surface area contributed by atoms with Crippen molar-refractivity contribution >= 4 is 13.8 Å². The second kappa shape index (κ2) is 8.73. The van der Waals surface area contributed by atoms with Gasteiger partial charge in [0.25, 0.3) is 0 Å². The van der Waals surface area contributed by atoms with Gasteiger partial charge in [-0.1, -0.05) is 45.4 Å². The number of likely N-dealkylation sites (tertiary alicyclic amines) is 1. The third kappa shape index (κ3) is 5.00. The molecular formula is C20H37BN2O. The van der Waals surface area contributed by atoms with E-state index in [1.807, 2.05) is 0 Å².